The van der Waals surface area contributed by atoms with E-state index < -0.39 is 5.76 Å². The van der Waals surface area contributed by atoms with E-state index in [2.05, 4.69) is 10.4 Å². The number of fused-ring (bicyclic) bond motifs is 2. The number of hydrogen-bond acceptors (Lipinski definition) is 5. The van der Waals surface area contributed by atoms with Crippen molar-refractivity contribution in [3.63, 3.8) is 0 Å². The number of benzene rings is 1. The predicted molar refractivity (Wildman–Crippen MR) is 114 cm³/mol. The van der Waals surface area contributed by atoms with Crippen LogP contribution < -0.4 is 11.1 Å². The van der Waals surface area contributed by atoms with Crippen LogP contribution in [0, 0.1) is 0 Å². The molecule has 9 heteroatoms. The number of likely N-dealkylation sites (tertiary alicyclic amines) is 1. The number of nitrogens with zero attached hydrogens (tertiary/aromatic N) is 4. The van der Waals surface area contributed by atoms with Gasteiger partial charge in [-0.3, -0.25) is 18.8 Å². The van der Waals surface area contributed by atoms with Gasteiger partial charge in [-0.2, -0.15) is 5.10 Å². The van der Waals surface area contributed by atoms with Gasteiger partial charge in [0.2, 0.25) is 11.8 Å². The molecule has 0 spiro atoms. The Balaban J connectivity index is 1.37. The van der Waals surface area contributed by atoms with E-state index in [1.165, 1.54) is 4.57 Å². The Hall–Kier alpha value is -3.36. The summed E-state index contributed by atoms with van der Waals surface area (Å²) in [5.74, 6) is -0.810. The predicted octanol–water partition coefficient (Wildman–Crippen LogP) is 2.32. The van der Waals surface area contributed by atoms with E-state index in [4.69, 9.17) is 4.42 Å². The normalized spacial score (nSPS) is 18.7. The van der Waals surface area contributed by atoms with Gasteiger partial charge in [-0.1, -0.05) is 0 Å². The minimum absolute atomic E-state index is 0.0670. The fourth-order valence-corrected chi connectivity index (χ4v) is 4.55. The number of hydrogen-bond donors (Lipinski definition) is 1. The number of anilines is 1. The maximum Gasteiger partial charge on any atom is 0.420 e. The maximum absolute atomic E-state index is 12.9. The first kappa shape index (κ1) is 19.6. The first-order chi connectivity index (χ1) is 15.1. The highest BCUT2D eigenvalue weighted by atomic mass is 16.4. The summed E-state index contributed by atoms with van der Waals surface area (Å²) in [4.78, 5) is 39.7. The molecule has 1 saturated heterocycles. The van der Waals surface area contributed by atoms with Gasteiger partial charge < -0.3 is 14.6 Å². The molecule has 0 aliphatic carbocycles. The summed E-state index contributed by atoms with van der Waals surface area (Å²) in [5.41, 5.74) is 2.50. The SMILES string of the molecule is O=C(Nc1ccc2oc(=O)n(CC(=O)N3CCCCC3)c2c1)C1CCCc2ccnn21. The van der Waals surface area contributed by atoms with Crippen LogP contribution in [0.2, 0.25) is 0 Å². The summed E-state index contributed by atoms with van der Waals surface area (Å²) in [6, 6.07) is 6.62. The van der Waals surface area contributed by atoms with E-state index in [1.807, 2.05) is 6.07 Å². The largest absolute Gasteiger partial charge is 0.420 e. The van der Waals surface area contributed by atoms with Gasteiger partial charge in [0, 0.05) is 30.7 Å². The van der Waals surface area contributed by atoms with Crippen LogP contribution in [0.15, 0.2) is 39.7 Å². The Morgan fingerprint density at radius 2 is 1.97 bits per heavy atom. The second-order valence-corrected chi connectivity index (χ2v) is 8.24. The van der Waals surface area contributed by atoms with Crippen molar-refractivity contribution in [1.82, 2.24) is 19.2 Å². The first-order valence-electron chi connectivity index (χ1n) is 10.8. The Morgan fingerprint density at radius 1 is 1.13 bits per heavy atom. The lowest BCUT2D eigenvalue weighted by Gasteiger charge is -2.26. The second-order valence-electron chi connectivity index (χ2n) is 8.24. The molecule has 4 heterocycles. The summed E-state index contributed by atoms with van der Waals surface area (Å²) in [6.07, 6.45) is 7.40. The molecule has 1 unspecified atom stereocenters. The van der Waals surface area contributed by atoms with Gasteiger partial charge in [-0.05, 0) is 62.8 Å². The lowest BCUT2D eigenvalue weighted by atomic mass is 10.0. The number of aryl methyl sites for hydroxylation is 1. The third-order valence-corrected chi connectivity index (χ3v) is 6.20. The molecule has 2 amide bonds. The van der Waals surface area contributed by atoms with Crippen LogP contribution >= 0.6 is 0 Å². The molecule has 9 nitrogen and oxygen atoms in total. The Kier molecular flexibility index (Phi) is 5.09. The fourth-order valence-electron chi connectivity index (χ4n) is 4.55. The summed E-state index contributed by atoms with van der Waals surface area (Å²) >= 11 is 0. The van der Waals surface area contributed by atoms with Gasteiger partial charge in [-0.15, -0.1) is 0 Å². The van der Waals surface area contributed by atoms with E-state index >= 15 is 0 Å². The third kappa shape index (κ3) is 3.75. The number of rotatable bonds is 4. The molecule has 162 valence electrons. The number of carbonyl (C=O) groups is 2. The smallest absolute Gasteiger partial charge is 0.408 e. The van der Waals surface area contributed by atoms with E-state index in [1.54, 1.807) is 34.0 Å². The number of piperidine rings is 1. The average molecular weight is 423 g/mol. The highest BCUT2D eigenvalue weighted by molar-refractivity contribution is 5.95. The molecule has 0 bridgehead atoms. The topological polar surface area (TPSA) is 102 Å². The zero-order chi connectivity index (χ0) is 21.4. The van der Waals surface area contributed by atoms with Crippen LogP contribution in [0.5, 0.6) is 0 Å². The minimum Gasteiger partial charge on any atom is -0.408 e. The van der Waals surface area contributed by atoms with Gasteiger partial charge in [0.1, 0.15) is 12.6 Å². The molecule has 2 aliphatic rings. The minimum atomic E-state index is -0.572. The van der Waals surface area contributed by atoms with E-state index in [0.29, 0.717) is 16.8 Å². The quantitative estimate of drug-likeness (QED) is 0.694. The lowest BCUT2D eigenvalue weighted by Crippen LogP contribution is -2.39. The van der Waals surface area contributed by atoms with Crippen molar-refractivity contribution < 1.29 is 14.0 Å². The van der Waals surface area contributed by atoms with Crippen molar-refractivity contribution in [3.05, 3.63) is 46.7 Å². The molecule has 1 N–H and O–H groups in total. The molecule has 0 radical (unpaired) electrons. The van der Waals surface area contributed by atoms with Crippen molar-refractivity contribution in [3.8, 4) is 0 Å². The van der Waals surface area contributed by atoms with Crippen molar-refractivity contribution in [2.24, 2.45) is 0 Å². The summed E-state index contributed by atoms with van der Waals surface area (Å²) in [5, 5.41) is 7.23. The van der Waals surface area contributed by atoms with E-state index in [-0.39, 0.29) is 24.4 Å². The Bertz CT molecular complexity index is 1180. The third-order valence-electron chi connectivity index (χ3n) is 6.20. The van der Waals surface area contributed by atoms with Gasteiger partial charge in [0.05, 0.1) is 5.52 Å². The molecule has 5 rings (SSSR count). The molecular weight excluding hydrogens is 398 g/mol. The van der Waals surface area contributed by atoms with Crippen molar-refractivity contribution in [2.45, 2.75) is 51.1 Å². The van der Waals surface area contributed by atoms with Gasteiger partial charge in [-0.25, -0.2) is 4.79 Å². The van der Waals surface area contributed by atoms with Crippen LogP contribution in [-0.2, 0) is 22.6 Å². The average Bonchev–Trinajstić information content (AvgIpc) is 3.38. The molecule has 3 aromatic rings. The molecule has 1 fully saturated rings. The second kappa shape index (κ2) is 8.05. The van der Waals surface area contributed by atoms with E-state index in [9.17, 15) is 14.4 Å². The molecule has 1 aromatic carbocycles. The summed E-state index contributed by atoms with van der Waals surface area (Å²) in [6.45, 7) is 1.38. The first-order valence-corrected chi connectivity index (χ1v) is 10.8. The molecule has 2 aromatic heterocycles. The number of nitrogens with one attached hydrogen (secondary N) is 1. The van der Waals surface area contributed by atoms with Gasteiger partial charge >= 0.3 is 5.76 Å². The molecule has 2 aliphatic heterocycles. The maximum atomic E-state index is 12.9. The number of oxazole rings is 1. The summed E-state index contributed by atoms with van der Waals surface area (Å²) in [7, 11) is 0. The van der Waals surface area contributed by atoms with Crippen LogP contribution in [0.1, 0.15) is 43.8 Å². The molecule has 1 atom stereocenters. The zero-order valence-electron chi connectivity index (χ0n) is 17.2. The van der Waals surface area contributed by atoms with Crippen LogP contribution in [0.25, 0.3) is 11.1 Å². The standard InChI is InChI=1S/C22H25N5O4/c28-20(25-11-2-1-3-12-25)14-26-18-13-15(7-8-19(18)31-22(26)30)24-21(29)17-6-4-5-16-9-10-23-27(16)17/h7-10,13,17H,1-6,11-12,14H2,(H,24,29). The van der Waals surface area contributed by atoms with Crippen LogP contribution in [-0.4, -0.2) is 44.2 Å². The highest BCUT2D eigenvalue weighted by Gasteiger charge is 2.27. The molecule has 31 heavy (non-hydrogen) atoms. The summed E-state index contributed by atoms with van der Waals surface area (Å²) < 4.78 is 8.43. The van der Waals surface area contributed by atoms with E-state index in [0.717, 1.165) is 57.3 Å². The van der Waals surface area contributed by atoms with Crippen LogP contribution in [0.4, 0.5) is 5.69 Å². The number of carbonyl (C=O) groups excluding carboxylic acids is 2. The Morgan fingerprint density at radius 3 is 2.81 bits per heavy atom. The highest BCUT2D eigenvalue weighted by Crippen LogP contribution is 2.26. The number of aromatic nitrogens is 3. The van der Waals surface area contributed by atoms with Crippen LogP contribution in [0.3, 0.4) is 0 Å². The van der Waals surface area contributed by atoms with Gasteiger partial charge in [0.15, 0.2) is 5.58 Å². The zero-order valence-corrected chi connectivity index (χ0v) is 17.2. The van der Waals surface area contributed by atoms with Crippen molar-refractivity contribution in [1.29, 1.82) is 0 Å². The van der Waals surface area contributed by atoms with Gasteiger partial charge in [0.25, 0.3) is 0 Å². The number of amides is 2. The Labute approximate surface area is 178 Å². The van der Waals surface area contributed by atoms with Crippen molar-refractivity contribution >= 4 is 28.6 Å². The molecular formula is C22H25N5O4. The van der Waals surface area contributed by atoms with Crippen molar-refractivity contribution in [2.75, 3.05) is 18.4 Å². The lowest BCUT2D eigenvalue weighted by molar-refractivity contribution is -0.132. The monoisotopic (exact) mass is 423 g/mol. The fraction of sp³-hybridized carbons (Fsp3) is 0.455. The molecule has 0 saturated carbocycles.